The summed E-state index contributed by atoms with van der Waals surface area (Å²) in [6, 6.07) is 3.47. The smallest absolute Gasteiger partial charge is 0.244 e. The van der Waals surface area contributed by atoms with Gasteiger partial charge in [0.15, 0.2) is 0 Å². The molecule has 0 radical (unpaired) electrons. The number of hydrogen-bond donors (Lipinski definition) is 0. The van der Waals surface area contributed by atoms with Crippen molar-refractivity contribution in [1.82, 2.24) is 14.2 Å². The third-order valence-corrected chi connectivity index (χ3v) is 5.92. The predicted molar refractivity (Wildman–Crippen MR) is 84.1 cm³/mol. The number of aromatic nitrogens is 1. The van der Waals surface area contributed by atoms with Gasteiger partial charge in [-0.2, -0.15) is 4.31 Å². The van der Waals surface area contributed by atoms with E-state index < -0.39 is 10.0 Å². The van der Waals surface area contributed by atoms with Crippen LogP contribution in [0.4, 0.5) is 5.82 Å². The van der Waals surface area contributed by atoms with Crippen LogP contribution >= 0.6 is 0 Å². The molecule has 0 N–H and O–H groups in total. The van der Waals surface area contributed by atoms with Crippen molar-refractivity contribution in [2.45, 2.75) is 18.7 Å². The second kappa shape index (κ2) is 6.72. The predicted octanol–water partition coefficient (Wildman–Crippen LogP) is 0.864. The van der Waals surface area contributed by atoms with Crippen molar-refractivity contribution in [3.8, 4) is 0 Å². The van der Waals surface area contributed by atoms with Gasteiger partial charge in [-0.05, 0) is 19.2 Å². The quantitative estimate of drug-likeness (QED) is 0.807. The zero-order valence-electron chi connectivity index (χ0n) is 13.0. The Labute approximate surface area is 127 Å². The van der Waals surface area contributed by atoms with Gasteiger partial charge >= 0.3 is 0 Å². The molecular weight excluding hydrogens is 288 g/mol. The summed E-state index contributed by atoms with van der Waals surface area (Å²) in [6.45, 7) is 8.47. The maximum absolute atomic E-state index is 12.4. The molecule has 1 aliphatic rings. The van der Waals surface area contributed by atoms with Crippen LogP contribution in [0.25, 0.3) is 0 Å². The summed E-state index contributed by atoms with van der Waals surface area (Å²) in [6.07, 6.45) is 1.47. The van der Waals surface area contributed by atoms with Crippen LogP contribution in [-0.4, -0.2) is 68.9 Å². The van der Waals surface area contributed by atoms with E-state index in [-0.39, 0.29) is 4.90 Å². The van der Waals surface area contributed by atoms with Gasteiger partial charge in [0.1, 0.15) is 10.7 Å². The first-order chi connectivity index (χ1) is 9.98. The molecule has 1 fully saturated rings. The Balaban J connectivity index is 2.15. The first-order valence-corrected chi connectivity index (χ1v) is 8.82. The maximum Gasteiger partial charge on any atom is 0.244 e. The molecule has 2 heterocycles. The maximum atomic E-state index is 12.4. The molecule has 118 valence electrons. The van der Waals surface area contributed by atoms with Crippen LogP contribution in [0.1, 0.15) is 13.8 Å². The summed E-state index contributed by atoms with van der Waals surface area (Å²) in [5.41, 5.74) is 0. The standard InChI is InChI=1S/C14H24N4O2S/c1-4-18(5-2)21(19,20)13-6-7-14(15-12-13)17-10-8-16(3)9-11-17/h6-7,12H,4-5,8-11H2,1-3H3. The molecule has 1 aliphatic heterocycles. The highest BCUT2D eigenvalue weighted by Crippen LogP contribution is 2.18. The molecule has 1 aromatic heterocycles. The van der Waals surface area contributed by atoms with Gasteiger partial charge in [-0.1, -0.05) is 13.8 Å². The Morgan fingerprint density at radius 1 is 1.14 bits per heavy atom. The van der Waals surface area contributed by atoms with Gasteiger partial charge in [0.25, 0.3) is 0 Å². The number of anilines is 1. The van der Waals surface area contributed by atoms with Crippen LogP contribution in [-0.2, 0) is 10.0 Å². The van der Waals surface area contributed by atoms with Crippen molar-refractivity contribution in [2.75, 3.05) is 51.2 Å². The van der Waals surface area contributed by atoms with Gasteiger partial charge in [-0.3, -0.25) is 0 Å². The minimum Gasteiger partial charge on any atom is -0.354 e. The summed E-state index contributed by atoms with van der Waals surface area (Å²) >= 11 is 0. The molecule has 1 saturated heterocycles. The minimum absolute atomic E-state index is 0.268. The molecular formula is C14H24N4O2S. The van der Waals surface area contributed by atoms with Gasteiger partial charge in [0, 0.05) is 45.5 Å². The lowest BCUT2D eigenvalue weighted by Crippen LogP contribution is -2.44. The summed E-state index contributed by atoms with van der Waals surface area (Å²) < 4.78 is 26.2. The lowest BCUT2D eigenvalue weighted by molar-refractivity contribution is 0.312. The topological polar surface area (TPSA) is 56.8 Å². The summed E-state index contributed by atoms with van der Waals surface area (Å²) in [7, 11) is -1.31. The lowest BCUT2D eigenvalue weighted by atomic mass is 10.3. The molecule has 21 heavy (non-hydrogen) atoms. The van der Waals surface area contributed by atoms with E-state index in [0.717, 1.165) is 32.0 Å². The molecule has 2 rings (SSSR count). The third-order valence-electron chi connectivity index (χ3n) is 3.89. The summed E-state index contributed by atoms with van der Waals surface area (Å²) in [5, 5.41) is 0. The van der Waals surface area contributed by atoms with Gasteiger partial charge in [0.2, 0.25) is 10.0 Å². The fraction of sp³-hybridized carbons (Fsp3) is 0.643. The van der Waals surface area contributed by atoms with Crippen LogP contribution in [0.3, 0.4) is 0 Å². The van der Waals surface area contributed by atoms with Gasteiger partial charge < -0.3 is 9.80 Å². The van der Waals surface area contributed by atoms with E-state index in [1.165, 1.54) is 10.5 Å². The van der Waals surface area contributed by atoms with E-state index in [4.69, 9.17) is 0 Å². The second-order valence-corrected chi connectivity index (χ2v) is 7.17. The third kappa shape index (κ3) is 3.53. The molecule has 0 spiro atoms. The highest BCUT2D eigenvalue weighted by molar-refractivity contribution is 7.89. The first-order valence-electron chi connectivity index (χ1n) is 7.38. The number of piperazine rings is 1. The molecule has 0 bridgehead atoms. The van der Waals surface area contributed by atoms with E-state index >= 15 is 0 Å². The molecule has 0 aliphatic carbocycles. The van der Waals surface area contributed by atoms with Crippen molar-refractivity contribution >= 4 is 15.8 Å². The molecule has 1 aromatic rings. The SMILES string of the molecule is CCN(CC)S(=O)(=O)c1ccc(N2CCN(C)CC2)nc1. The van der Waals surface area contributed by atoms with Crippen molar-refractivity contribution in [2.24, 2.45) is 0 Å². The minimum atomic E-state index is -3.41. The van der Waals surface area contributed by atoms with Crippen LogP contribution in [0, 0.1) is 0 Å². The molecule has 0 aromatic carbocycles. The monoisotopic (exact) mass is 312 g/mol. The fourth-order valence-corrected chi connectivity index (χ4v) is 3.86. The van der Waals surface area contributed by atoms with Crippen LogP contribution < -0.4 is 4.90 Å². The Morgan fingerprint density at radius 3 is 2.24 bits per heavy atom. The van der Waals surface area contributed by atoms with Crippen molar-refractivity contribution in [3.05, 3.63) is 18.3 Å². The van der Waals surface area contributed by atoms with Crippen molar-refractivity contribution in [1.29, 1.82) is 0 Å². The Kier molecular flexibility index (Phi) is 5.18. The average Bonchev–Trinajstić information content (AvgIpc) is 2.49. The second-order valence-electron chi connectivity index (χ2n) is 5.23. The zero-order chi connectivity index (χ0) is 15.5. The number of rotatable bonds is 5. The van der Waals surface area contributed by atoms with Crippen molar-refractivity contribution in [3.63, 3.8) is 0 Å². The lowest BCUT2D eigenvalue weighted by Gasteiger charge is -2.33. The highest BCUT2D eigenvalue weighted by atomic mass is 32.2. The normalized spacial score (nSPS) is 17.4. The molecule has 0 atom stereocenters. The highest BCUT2D eigenvalue weighted by Gasteiger charge is 2.22. The Hall–Kier alpha value is -1.18. The van der Waals surface area contributed by atoms with E-state index in [1.807, 2.05) is 19.9 Å². The number of sulfonamides is 1. The number of pyridine rings is 1. The Morgan fingerprint density at radius 2 is 1.76 bits per heavy atom. The number of likely N-dealkylation sites (N-methyl/N-ethyl adjacent to an activating group) is 1. The van der Waals surface area contributed by atoms with E-state index in [9.17, 15) is 8.42 Å². The van der Waals surface area contributed by atoms with Crippen LogP contribution in [0.15, 0.2) is 23.2 Å². The first kappa shape index (κ1) is 16.2. The van der Waals surface area contributed by atoms with Crippen molar-refractivity contribution < 1.29 is 8.42 Å². The number of nitrogens with zero attached hydrogens (tertiary/aromatic N) is 4. The summed E-state index contributed by atoms with van der Waals surface area (Å²) in [5.74, 6) is 0.849. The molecule has 7 heteroatoms. The molecule has 0 unspecified atom stereocenters. The fourth-order valence-electron chi connectivity index (χ4n) is 2.46. The van der Waals surface area contributed by atoms with Crippen LogP contribution in [0.2, 0.25) is 0 Å². The van der Waals surface area contributed by atoms with Crippen LogP contribution in [0.5, 0.6) is 0 Å². The van der Waals surface area contributed by atoms with E-state index in [0.29, 0.717) is 13.1 Å². The molecule has 0 amide bonds. The average molecular weight is 312 g/mol. The Bertz CT molecular complexity index is 547. The van der Waals surface area contributed by atoms with Gasteiger partial charge in [-0.25, -0.2) is 13.4 Å². The molecule has 0 saturated carbocycles. The largest absolute Gasteiger partial charge is 0.354 e. The zero-order valence-corrected chi connectivity index (χ0v) is 13.8. The van der Waals surface area contributed by atoms with E-state index in [2.05, 4.69) is 21.8 Å². The summed E-state index contributed by atoms with van der Waals surface area (Å²) in [4.78, 5) is 9.08. The molecule has 6 nitrogen and oxygen atoms in total. The van der Waals surface area contributed by atoms with E-state index in [1.54, 1.807) is 6.07 Å². The van der Waals surface area contributed by atoms with Gasteiger partial charge in [-0.15, -0.1) is 0 Å². The van der Waals surface area contributed by atoms with Gasteiger partial charge in [0.05, 0.1) is 0 Å². The number of hydrogen-bond acceptors (Lipinski definition) is 5.